The summed E-state index contributed by atoms with van der Waals surface area (Å²) in [7, 11) is 1.69. The van der Waals surface area contributed by atoms with E-state index in [1.807, 2.05) is 6.92 Å². The summed E-state index contributed by atoms with van der Waals surface area (Å²) in [4.78, 5) is 10.9. The highest BCUT2D eigenvalue weighted by Gasteiger charge is 2.23. The first kappa shape index (κ1) is 13.0. The lowest BCUT2D eigenvalue weighted by Gasteiger charge is -2.33. The molecule has 2 rings (SSSR count). The lowest BCUT2D eigenvalue weighted by molar-refractivity contribution is -0.0102. The Morgan fingerprint density at radius 3 is 3.11 bits per heavy atom. The van der Waals surface area contributed by atoms with Crippen LogP contribution < -0.4 is 10.2 Å². The van der Waals surface area contributed by atoms with Gasteiger partial charge in [0.05, 0.1) is 19.3 Å². The van der Waals surface area contributed by atoms with Gasteiger partial charge in [0.15, 0.2) is 11.6 Å². The normalized spacial score (nSPS) is 19.9. The van der Waals surface area contributed by atoms with E-state index >= 15 is 0 Å². The molecule has 1 aromatic heterocycles. The third-order valence-electron chi connectivity index (χ3n) is 2.81. The third kappa shape index (κ3) is 3.08. The van der Waals surface area contributed by atoms with Crippen LogP contribution in [0.4, 0.5) is 11.6 Å². The van der Waals surface area contributed by atoms with Crippen LogP contribution in [0.3, 0.4) is 0 Å². The van der Waals surface area contributed by atoms with E-state index in [2.05, 4.69) is 20.2 Å². The second-order valence-corrected chi connectivity index (χ2v) is 4.15. The SMILES string of the molecule is CCNc1nccnc1N1CCOC(COC)C1. The smallest absolute Gasteiger partial charge is 0.171 e. The maximum Gasteiger partial charge on any atom is 0.171 e. The molecule has 2 heterocycles. The molecule has 1 N–H and O–H groups in total. The number of ether oxygens (including phenoxy) is 2. The number of morpholine rings is 1. The Labute approximate surface area is 107 Å². The van der Waals surface area contributed by atoms with Gasteiger partial charge in [-0.1, -0.05) is 0 Å². The van der Waals surface area contributed by atoms with Crippen molar-refractivity contribution in [1.29, 1.82) is 0 Å². The van der Waals surface area contributed by atoms with E-state index in [9.17, 15) is 0 Å². The molecule has 100 valence electrons. The third-order valence-corrected chi connectivity index (χ3v) is 2.81. The number of aromatic nitrogens is 2. The van der Waals surface area contributed by atoms with Crippen LogP contribution >= 0.6 is 0 Å². The second kappa shape index (κ2) is 6.51. The number of hydrogen-bond acceptors (Lipinski definition) is 6. The maximum absolute atomic E-state index is 5.63. The molecule has 0 saturated carbocycles. The summed E-state index contributed by atoms with van der Waals surface area (Å²) in [6.45, 7) is 5.79. The van der Waals surface area contributed by atoms with Crippen molar-refractivity contribution in [3.05, 3.63) is 12.4 Å². The summed E-state index contributed by atoms with van der Waals surface area (Å²) in [6.07, 6.45) is 3.52. The Bertz CT molecular complexity index is 373. The maximum atomic E-state index is 5.63. The number of rotatable bonds is 5. The molecule has 6 heteroatoms. The minimum atomic E-state index is 0.0974. The fourth-order valence-corrected chi connectivity index (χ4v) is 2.05. The molecule has 1 saturated heterocycles. The Kier molecular flexibility index (Phi) is 4.72. The van der Waals surface area contributed by atoms with Crippen molar-refractivity contribution in [3.8, 4) is 0 Å². The molecule has 0 aromatic carbocycles. The molecule has 1 unspecified atom stereocenters. The van der Waals surface area contributed by atoms with Crippen molar-refractivity contribution >= 4 is 11.6 Å². The molecule has 0 aliphatic carbocycles. The number of hydrogen-bond donors (Lipinski definition) is 1. The van der Waals surface area contributed by atoms with Gasteiger partial charge >= 0.3 is 0 Å². The highest BCUT2D eigenvalue weighted by atomic mass is 16.5. The van der Waals surface area contributed by atoms with Gasteiger partial charge in [-0.2, -0.15) is 0 Å². The molecular weight excluding hydrogens is 232 g/mol. The Morgan fingerprint density at radius 2 is 2.33 bits per heavy atom. The van der Waals surface area contributed by atoms with Crippen LogP contribution in [0, 0.1) is 0 Å². The van der Waals surface area contributed by atoms with Crippen LogP contribution in [-0.4, -0.2) is 56.0 Å². The predicted octanol–water partition coefficient (Wildman–Crippen LogP) is 0.760. The lowest BCUT2D eigenvalue weighted by Crippen LogP contribution is -2.45. The Hall–Kier alpha value is -1.40. The zero-order chi connectivity index (χ0) is 12.8. The van der Waals surface area contributed by atoms with E-state index in [0.29, 0.717) is 13.2 Å². The molecule has 6 nitrogen and oxygen atoms in total. The van der Waals surface area contributed by atoms with Crippen LogP contribution in [0.15, 0.2) is 12.4 Å². The average molecular weight is 252 g/mol. The fourth-order valence-electron chi connectivity index (χ4n) is 2.05. The summed E-state index contributed by atoms with van der Waals surface area (Å²) in [5.41, 5.74) is 0. The monoisotopic (exact) mass is 252 g/mol. The highest BCUT2D eigenvalue weighted by Crippen LogP contribution is 2.22. The first-order valence-corrected chi connectivity index (χ1v) is 6.25. The predicted molar refractivity (Wildman–Crippen MR) is 70.0 cm³/mol. The largest absolute Gasteiger partial charge is 0.382 e. The summed E-state index contributed by atoms with van der Waals surface area (Å²) in [5.74, 6) is 1.72. The minimum absolute atomic E-state index is 0.0974. The van der Waals surface area contributed by atoms with E-state index in [-0.39, 0.29) is 6.10 Å². The van der Waals surface area contributed by atoms with Gasteiger partial charge in [0.2, 0.25) is 0 Å². The molecule has 18 heavy (non-hydrogen) atoms. The Morgan fingerprint density at radius 1 is 1.50 bits per heavy atom. The zero-order valence-corrected chi connectivity index (χ0v) is 10.9. The summed E-state index contributed by atoms with van der Waals surface area (Å²) >= 11 is 0. The molecular formula is C12H20N4O2. The first-order chi connectivity index (χ1) is 8.85. The summed E-state index contributed by atoms with van der Waals surface area (Å²) in [6, 6.07) is 0. The van der Waals surface area contributed by atoms with Gasteiger partial charge in [-0.05, 0) is 6.92 Å². The van der Waals surface area contributed by atoms with Gasteiger partial charge < -0.3 is 19.7 Å². The van der Waals surface area contributed by atoms with Crippen LogP contribution in [0.5, 0.6) is 0 Å². The van der Waals surface area contributed by atoms with Crippen molar-refractivity contribution in [2.24, 2.45) is 0 Å². The van der Waals surface area contributed by atoms with Gasteiger partial charge in [0, 0.05) is 39.1 Å². The van der Waals surface area contributed by atoms with Crippen molar-refractivity contribution in [2.75, 3.05) is 50.2 Å². The molecule has 1 aliphatic rings. The fraction of sp³-hybridized carbons (Fsp3) is 0.667. The number of methoxy groups -OCH3 is 1. The van der Waals surface area contributed by atoms with E-state index in [1.54, 1.807) is 19.5 Å². The van der Waals surface area contributed by atoms with Crippen LogP contribution in [0.2, 0.25) is 0 Å². The van der Waals surface area contributed by atoms with Gasteiger partial charge in [0.25, 0.3) is 0 Å². The molecule has 1 aromatic rings. The highest BCUT2D eigenvalue weighted by molar-refractivity contribution is 5.60. The number of nitrogens with one attached hydrogen (secondary N) is 1. The van der Waals surface area contributed by atoms with Crippen LogP contribution in [0.1, 0.15) is 6.92 Å². The minimum Gasteiger partial charge on any atom is -0.382 e. The quantitative estimate of drug-likeness (QED) is 0.835. The topological polar surface area (TPSA) is 59.5 Å². The molecule has 0 bridgehead atoms. The number of anilines is 2. The van der Waals surface area contributed by atoms with E-state index in [0.717, 1.165) is 31.3 Å². The average Bonchev–Trinajstić information content (AvgIpc) is 2.40. The van der Waals surface area contributed by atoms with Crippen molar-refractivity contribution in [3.63, 3.8) is 0 Å². The van der Waals surface area contributed by atoms with Crippen LogP contribution in [-0.2, 0) is 9.47 Å². The van der Waals surface area contributed by atoms with E-state index in [4.69, 9.17) is 9.47 Å². The Balaban J connectivity index is 2.10. The molecule has 0 spiro atoms. The van der Waals surface area contributed by atoms with E-state index in [1.165, 1.54) is 0 Å². The van der Waals surface area contributed by atoms with Gasteiger partial charge in [-0.15, -0.1) is 0 Å². The van der Waals surface area contributed by atoms with Crippen molar-refractivity contribution in [2.45, 2.75) is 13.0 Å². The molecule has 0 radical (unpaired) electrons. The van der Waals surface area contributed by atoms with Gasteiger partial charge in [0.1, 0.15) is 0 Å². The molecule has 1 aliphatic heterocycles. The summed E-state index contributed by atoms with van der Waals surface area (Å²) in [5, 5.41) is 3.23. The van der Waals surface area contributed by atoms with Gasteiger partial charge in [-0.25, -0.2) is 9.97 Å². The summed E-state index contributed by atoms with van der Waals surface area (Å²) < 4.78 is 10.8. The first-order valence-electron chi connectivity index (χ1n) is 6.25. The van der Waals surface area contributed by atoms with Gasteiger partial charge in [-0.3, -0.25) is 0 Å². The van der Waals surface area contributed by atoms with Crippen molar-refractivity contribution in [1.82, 2.24) is 9.97 Å². The second-order valence-electron chi connectivity index (χ2n) is 4.15. The zero-order valence-electron chi connectivity index (χ0n) is 10.9. The van der Waals surface area contributed by atoms with E-state index < -0.39 is 0 Å². The van der Waals surface area contributed by atoms with Crippen molar-refractivity contribution < 1.29 is 9.47 Å². The molecule has 1 fully saturated rings. The molecule has 1 atom stereocenters. The standard InChI is InChI=1S/C12H20N4O2/c1-3-13-11-12(15-5-4-14-11)16-6-7-18-10(8-16)9-17-2/h4-5,10H,3,6-9H2,1-2H3,(H,13,14). The molecule has 0 amide bonds. The van der Waals surface area contributed by atoms with Crippen LogP contribution in [0.25, 0.3) is 0 Å². The lowest BCUT2D eigenvalue weighted by atomic mass is 10.3. The number of nitrogens with zero attached hydrogens (tertiary/aromatic N) is 3.